The van der Waals surface area contributed by atoms with Gasteiger partial charge in [0, 0.05) is 49.3 Å². The molecule has 5 N–H and O–H groups in total. The van der Waals surface area contributed by atoms with Crippen LogP contribution in [0.1, 0.15) is 149 Å². The molecule has 4 heterocycles. The average molecular weight is 852 g/mol. The minimum absolute atomic E-state index is 0.0173. The van der Waals surface area contributed by atoms with Gasteiger partial charge in [-0.25, -0.2) is 14.4 Å². The molecule has 2 aromatic carbocycles. The Kier molecular flexibility index (Phi) is 15.5. The van der Waals surface area contributed by atoms with Gasteiger partial charge in [-0.2, -0.15) is 13.2 Å². The second-order valence-corrected chi connectivity index (χ2v) is 18.6. The Morgan fingerprint density at radius 3 is 1.25 bits per heavy atom. The number of alkyl halides is 3. The molecular weight excluding hydrogens is 784 g/mol. The van der Waals surface area contributed by atoms with Gasteiger partial charge >= 0.3 is 24.2 Å². The zero-order valence-corrected chi connectivity index (χ0v) is 35.9. The second-order valence-electron chi connectivity index (χ2n) is 18.6. The van der Waals surface area contributed by atoms with Crippen LogP contribution in [0.3, 0.4) is 0 Å². The maximum absolute atomic E-state index is 12.6. The van der Waals surface area contributed by atoms with E-state index in [1.165, 1.54) is 77.3 Å². The molecule has 2 saturated carbocycles. The molecule has 0 unspecified atom stereocenters. The summed E-state index contributed by atoms with van der Waals surface area (Å²) in [5.41, 5.74) is 6.32. The van der Waals surface area contributed by atoms with Crippen LogP contribution in [0.25, 0.3) is 0 Å². The number of fused-ring (bicyclic) bond motifs is 10. The van der Waals surface area contributed by atoms with Crippen molar-refractivity contribution in [2.24, 2.45) is 11.8 Å². The SMILES string of the molecule is CN(CCCNC(=O)NC1CCC(CCN2[C@@H]3CC[C@H]2c2ccccc23)CC1)CCCNC(=O)NC1CCC(CCN2[C@@H]3CC[C@H]2c2ccccc23)CC1.O=C(O)C(F)(F)F. The highest BCUT2D eigenvalue weighted by atomic mass is 19.4. The molecule has 4 atom stereocenters. The van der Waals surface area contributed by atoms with Gasteiger partial charge in [0.05, 0.1) is 0 Å². The van der Waals surface area contributed by atoms with Gasteiger partial charge in [-0.1, -0.05) is 48.5 Å². The molecule has 4 fully saturated rings. The third-order valence-corrected chi connectivity index (χ3v) is 14.7. The standard InChI is InChI=1S/C45H67N7O2.C2HF3O2/c1-50(28-6-26-46-44(53)48-34-16-12-32(13-17-34)24-30-51-40-20-21-41(51)37-9-3-2-8-36(37)40)29-7-27-47-45(54)49-35-18-14-33(15-19-35)25-31-52-42-22-23-43(52)39-11-5-4-10-38(39)42;3-2(4,5)1(6)7/h2-5,8-11,32-35,40-43H,6-7,12-31H2,1H3,(H2,46,48,53)(H2,47,49,54);(H,6,7)/t32?,33?,34?,35?,40-,41+,42-,43+;. The Morgan fingerprint density at radius 2 is 0.934 bits per heavy atom. The Balaban J connectivity index is 0.000000739. The van der Waals surface area contributed by atoms with Crippen molar-refractivity contribution in [2.45, 2.75) is 145 Å². The number of nitrogens with zero attached hydrogens (tertiary/aromatic N) is 3. The molecule has 6 aliphatic rings. The van der Waals surface area contributed by atoms with Crippen LogP contribution < -0.4 is 21.3 Å². The topological polar surface area (TPSA) is 129 Å². The first-order valence-corrected chi connectivity index (χ1v) is 23.2. The number of amides is 4. The van der Waals surface area contributed by atoms with Crippen molar-refractivity contribution in [3.8, 4) is 0 Å². The van der Waals surface area contributed by atoms with Crippen molar-refractivity contribution in [1.82, 2.24) is 36.0 Å². The third kappa shape index (κ3) is 11.8. The summed E-state index contributed by atoms with van der Waals surface area (Å²) in [5, 5.41) is 19.8. The lowest BCUT2D eigenvalue weighted by molar-refractivity contribution is -0.192. The van der Waals surface area contributed by atoms with E-state index in [1.54, 1.807) is 22.3 Å². The van der Waals surface area contributed by atoms with Gasteiger partial charge in [0.15, 0.2) is 0 Å². The van der Waals surface area contributed by atoms with Crippen molar-refractivity contribution in [3.05, 3.63) is 70.8 Å². The van der Waals surface area contributed by atoms with Gasteiger partial charge < -0.3 is 31.3 Å². The molecule has 0 radical (unpaired) electrons. The van der Waals surface area contributed by atoms with Crippen LogP contribution in [0.2, 0.25) is 0 Å². The smallest absolute Gasteiger partial charge is 0.475 e. The number of nitrogens with one attached hydrogen (secondary N) is 4. The normalized spacial score (nSPS) is 27.8. The summed E-state index contributed by atoms with van der Waals surface area (Å²) in [4.78, 5) is 42.0. The second kappa shape index (κ2) is 21.0. The molecule has 14 heteroatoms. The molecule has 8 rings (SSSR count). The van der Waals surface area contributed by atoms with Crippen LogP contribution in [0, 0.1) is 11.8 Å². The van der Waals surface area contributed by atoms with Crippen LogP contribution in [0.5, 0.6) is 0 Å². The third-order valence-electron chi connectivity index (χ3n) is 14.7. The molecule has 2 aromatic rings. The van der Waals surface area contributed by atoms with Gasteiger partial charge in [0.2, 0.25) is 0 Å². The van der Waals surface area contributed by atoms with Gasteiger partial charge in [0.1, 0.15) is 0 Å². The summed E-state index contributed by atoms with van der Waals surface area (Å²) in [6, 6.07) is 21.3. The molecule has 4 amide bonds. The van der Waals surface area contributed by atoms with Crippen LogP contribution >= 0.6 is 0 Å². The quantitative estimate of drug-likeness (QED) is 0.107. The number of benzene rings is 2. The molecule has 0 aromatic heterocycles. The van der Waals surface area contributed by atoms with Gasteiger partial charge in [0.25, 0.3) is 0 Å². The lowest BCUT2D eigenvalue weighted by atomic mass is 9.84. The highest BCUT2D eigenvalue weighted by Gasteiger charge is 2.44. The van der Waals surface area contributed by atoms with E-state index in [1.807, 2.05) is 0 Å². The first kappa shape index (κ1) is 45.2. The number of carbonyl (C=O) groups is 3. The van der Waals surface area contributed by atoms with Gasteiger partial charge in [-0.3, -0.25) is 9.80 Å². The van der Waals surface area contributed by atoms with E-state index in [0.29, 0.717) is 49.3 Å². The monoisotopic (exact) mass is 852 g/mol. The highest BCUT2D eigenvalue weighted by Crippen LogP contribution is 2.54. The number of halogens is 3. The molecule has 0 spiro atoms. The van der Waals surface area contributed by atoms with E-state index in [2.05, 4.69) is 91.5 Å². The number of aliphatic carboxylic acids is 1. The Morgan fingerprint density at radius 1 is 0.607 bits per heavy atom. The number of urea groups is 2. The molecule has 61 heavy (non-hydrogen) atoms. The number of carboxylic acids is 1. The van der Waals surface area contributed by atoms with Crippen molar-refractivity contribution < 1.29 is 32.7 Å². The fraction of sp³-hybridized carbons (Fsp3) is 0.681. The van der Waals surface area contributed by atoms with Crippen LogP contribution in [-0.4, -0.2) is 102 Å². The Bertz CT molecular complexity index is 1590. The number of carboxylic acid groups (broad SMARTS) is 1. The summed E-state index contributed by atoms with van der Waals surface area (Å²) in [7, 11) is 2.12. The summed E-state index contributed by atoms with van der Waals surface area (Å²) < 4.78 is 31.7. The first-order valence-electron chi connectivity index (χ1n) is 23.2. The zero-order chi connectivity index (χ0) is 42.9. The fourth-order valence-electron chi connectivity index (χ4n) is 11.5. The maximum Gasteiger partial charge on any atom is 0.490 e. The lowest BCUT2D eigenvalue weighted by Crippen LogP contribution is -2.44. The van der Waals surface area contributed by atoms with E-state index < -0.39 is 12.1 Å². The van der Waals surface area contributed by atoms with E-state index in [-0.39, 0.29) is 12.1 Å². The summed E-state index contributed by atoms with van der Waals surface area (Å²) >= 11 is 0. The largest absolute Gasteiger partial charge is 0.490 e. The molecule has 336 valence electrons. The van der Waals surface area contributed by atoms with Crippen LogP contribution in [-0.2, 0) is 4.79 Å². The van der Waals surface area contributed by atoms with E-state index >= 15 is 0 Å². The Hall–Kier alpha value is -3.88. The maximum atomic E-state index is 12.6. The summed E-state index contributed by atoms with van der Waals surface area (Å²) in [6.07, 6.45) is 13.9. The summed E-state index contributed by atoms with van der Waals surface area (Å²) in [6.45, 7) is 5.65. The van der Waals surface area contributed by atoms with Crippen molar-refractivity contribution in [3.63, 3.8) is 0 Å². The van der Waals surface area contributed by atoms with Crippen molar-refractivity contribution in [1.29, 1.82) is 0 Å². The molecule has 2 saturated heterocycles. The highest BCUT2D eigenvalue weighted by molar-refractivity contribution is 5.74. The first-order chi connectivity index (χ1) is 29.4. The number of rotatable bonds is 16. The minimum atomic E-state index is -5.08. The van der Waals surface area contributed by atoms with Crippen molar-refractivity contribution >= 4 is 18.0 Å². The summed E-state index contributed by atoms with van der Waals surface area (Å²) in [5.74, 6) is -1.19. The van der Waals surface area contributed by atoms with E-state index in [0.717, 1.165) is 63.5 Å². The Labute approximate surface area is 359 Å². The van der Waals surface area contributed by atoms with Gasteiger partial charge in [-0.15, -0.1) is 0 Å². The molecular formula is C47H68F3N7O4. The molecule has 2 aliphatic carbocycles. The number of hydrogen-bond donors (Lipinski definition) is 5. The molecule has 11 nitrogen and oxygen atoms in total. The van der Waals surface area contributed by atoms with Crippen molar-refractivity contribution in [2.75, 3.05) is 46.3 Å². The predicted molar refractivity (Wildman–Crippen MR) is 230 cm³/mol. The lowest BCUT2D eigenvalue weighted by Gasteiger charge is -2.31. The number of hydrogen-bond acceptors (Lipinski definition) is 6. The minimum Gasteiger partial charge on any atom is -0.475 e. The average Bonchev–Trinajstić information content (AvgIpc) is 4.02. The fourth-order valence-corrected chi connectivity index (χ4v) is 11.5. The van der Waals surface area contributed by atoms with Gasteiger partial charge in [-0.05, 0) is 170 Å². The van der Waals surface area contributed by atoms with E-state index in [9.17, 15) is 22.8 Å². The molecule has 4 bridgehead atoms. The number of carbonyl (C=O) groups excluding carboxylic acids is 2. The predicted octanol–water partition coefficient (Wildman–Crippen LogP) is 8.61. The zero-order valence-electron chi connectivity index (χ0n) is 35.9. The van der Waals surface area contributed by atoms with E-state index in [4.69, 9.17) is 9.90 Å². The van der Waals surface area contributed by atoms with Crippen LogP contribution in [0.15, 0.2) is 48.5 Å². The molecule has 4 aliphatic heterocycles. The van der Waals surface area contributed by atoms with Crippen LogP contribution in [0.4, 0.5) is 22.8 Å².